The summed E-state index contributed by atoms with van der Waals surface area (Å²) in [4.78, 5) is 14.3. The van der Waals surface area contributed by atoms with E-state index in [2.05, 4.69) is 158 Å². The first-order valence-electron chi connectivity index (χ1n) is 17.4. The van der Waals surface area contributed by atoms with Crippen LogP contribution in [0.1, 0.15) is 25.0 Å². The van der Waals surface area contributed by atoms with Crippen molar-refractivity contribution in [2.24, 2.45) is 0 Å². The number of benzene rings is 6. The van der Waals surface area contributed by atoms with Gasteiger partial charge in [-0.25, -0.2) is 9.97 Å². The molecule has 2 aromatic heterocycles. The fourth-order valence-electron chi connectivity index (χ4n) is 7.50. The number of hydrogen-bond acceptors (Lipinski definition) is 3. The highest BCUT2D eigenvalue weighted by Crippen LogP contribution is 2.52. The fraction of sp³-hybridized carbons (Fsp3) is 0.0625. The number of nitrogens with zero attached hydrogens (tertiary/aromatic N) is 3. The summed E-state index contributed by atoms with van der Waals surface area (Å²) in [5.41, 5.74) is 17.4. The van der Waals surface area contributed by atoms with Crippen molar-refractivity contribution < 1.29 is 0 Å². The molecule has 0 amide bonds. The standard InChI is InChI=1S/C48H35N3/c1-48(2)42-15-7-6-13-41(42)46-40(14-8-16-43(46)48)35-23-17-32(18-24-35)33-19-25-36(26-20-33)44-30-45(51-47(50-44)38-10-4-3-5-11-38)37-27-21-34(22-28-37)39-12-9-29-49-31-39/h3-31H,1-2H3. The van der Waals surface area contributed by atoms with Crippen LogP contribution in [-0.2, 0) is 5.41 Å². The monoisotopic (exact) mass is 653 g/mol. The van der Waals surface area contributed by atoms with Crippen molar-refractivity contribution in [3.8, 4) is 78.4 Å². The van der Waals surface area contributed by atoms with E-state index in [0.29, 0.717) is 5.82 Å². The van der Waals surface area contributed by atoms with Crippen LogP contribution in [0.5, 0.6) is 0 Å². The van der Waals surface area contributed by atoms with Crippen LogP contribution in [0.15, 0.2) is 176 Å². The highest BCUT2D eigenvalue weighted by Gasteiger charge is 2.36. The van der Waals surface area contributed by atoms with E-state index in [0.717, 1.165) is 39.2 Å². The largest absolute Gasteiger partial charge is 0.264 e. The molecule has 242 valence electrons. The first kappa shape index (κ1) is 30.6. The normalized spacial score (nSPS) is 12.7. The zero-order valence-electron chi connectivity index (χ0n) is 28.6. The van der Waals surface area contributed by atoms with Gasteiger partial charge in [-0.15, -0.1) is 0 Å². The van der Waals surface area contributed by atoms with Gasteiger partial charge >= 0.3 is 0 Å². The van der Waals surface area contributed by atoms with Gasteiger partial charge in [0.05, 0.1) is 11.4 Å². The van der Waals surface area contributed by atoms with Crippen LogP contribution in [0.3, 0.4) is 0 Å². The minimum atomic E-state index is -0.0131. The number of pyridine rings is 1. The van der Waals surface area contributed by atoms with Crippen LogP contribution in [0, 0.1) is 0 Å². The predicted molar refractivity (Wildman–Crippen MR) is 210 cm³/mol. The molecule has 0 atom stereocenters. The molecule has 0 unspecified atom stereocenters. The molecule has 0 bridgehead atoms. The van der Waals surface area contributed by atoms with Crippen molar-refractivity contribution in [3.63, 3.8) is 0 Å². The average Bonchev–Trinajstić information content (AvgIpc) is 3.45. The van der Waals surface area contributed by atoms with Crippen molar-refractivity contribution in [2.75, 3.05) is 0 Å². The van der Waals surface area contributed by atoms with Gasteiger partial charge in [0.15, 0.2) is 5.82 Å². The Morgan fingerprint density at radius 2 is 0.902 bits per heavy atom. The molecule has 8 aromatic rings. The van der Waals surface area contributed by atoms with Crippen molar-refractivity contribution >= 4 is 0 Å². The third-order valence-electron chi connectivity index (χ3n) is 10.3. The Balaban J connectivity index is 1.03. The van der Waals surface area contributed by atoms with E-state index in [4.69, 9.17) is 9.97 Å². The fourth-order valence-corrected chi connectivity index (χ4v) is 7.50. The second-order valence-corrected chi connectivity index (χ2v) is 13.7. The van der Waals surface area contributed by atoms with Crippen LogP contribution in [-0.4, -0.2) is 15.0 Å². The molecule has 0 N–H and O–H groups in total. The zero-order valence-corrected chi connectivity index (χ0v) is 28.6. The average molecular weight is 654 g/mol. The quantitative estimate of drug-likeness (QED) is 0.179. The topological polar surface area (TPSA) is 38.7 Å². The van der Waals surface area contributed by atoms with Crippen LogP contribution in [0.2, 0.25) is 0 Å². The molecule has 3 heteroatoms. The Kier molecular flexibility index (Phi) is 7.48. The molecule has 0 spiro atoms. The predicted octanol–water partition coefficient (Wildman–Crippen LogP) is 12.2. The number of rotatable bonds is 6. The second-order valence-electron chi connectivity index (χ2n) is 13.7. The van der Waals surface area contributed by atoms with E-state index in [1.54, 1.807) is 6.20 Å². The van der Waals surface area contributed by atoms with Gasteiger partial charge in [0.2, 0.25) is 0 Å². The summed E-state index contributed by atoms with van der Waals surface area (Å²) in [6.07, 6.45) is 3.68. The lowest BCUT2D eigenvalue weighted by atomic mass is 9.82. The highest BCUT2D eigenvalue weighted by atomic mass is 14.9. The molecule has 0 radical (unpaired) electrons. The molecule has 3 nitrogen and oxygen atoms in total. The summed E-state index contributed by atoms with van der Waals surface area (Å²) in [7, 11) is 0. The molecule has 9 rings (SSSR count). The zero-order chi connectivity index (χ0) is 34.4. The first-order valence-corrected chi connectivity index (χ1v) is 17.4. The van der Waals surface area contributed by atoms with Gasteiger partial charge in [-0.3, -0.25) is 4.98 Å². The van der Waals surface area contributed by atoms with E-state index in [-0.39, 0.29) is 5.41 Å². The summed E-state index contributed by atoms with van der Waals surface area (Å²) in [5.74, 6) is 0.706. The molecule has 1 aliphatic rings. The van der Waals surface area contributed by atoms with Gasteiger partial charge in [0.25, 0.3) is 0 Å². The Morgan fingerprint density at radius 1 is 0.392 bits per heavy atom. The van der Waals surface area contributed by atoms with E-state index < -0.39 is 0 Å². The maximum Gasteiger partial charge on any atom is 0.160 e. The molecular formula is C48H35N3. The van der Waals surface area contributed by atoms with E-state index in [9.17, 15) is 0 Å². The minimum absolute atomic E-state index is 0.0131. The summed E-state index contributed by atoms with van der Waals surface area (Å²) in [5, 5.41) is 0. The maximum atomic E-state index is 5.05. The van der Waals surface area contributed by atoms with Crippen molar-refractivity contribution in [3.05, 3.63) is 187 Å². The van der Waals surface area contributed by atoms with E-state index in [1.807, 2.05) is 30.5 Å². The first-order chi connectivity index (χ1) is 25.0. The number of hydrogen-bond donors (Lipinski definition) is 0. The smallest absolute Gasteiger partial charge is 0.160 e. The second kappa shape index (κ2) is 12.5. The van der Waals surface area contributed by atoms with Crippen LogP contribution in [0.25, 0.3) is 78.4 Å². The number of aromatic nitrogens is 3. The highest BCUT2D eigenvalue weighted by molar-refractivity contribution is 5.92. The Morgan fingerprint density at radius 3 is 1.53 bits per heavy atom. The molecule has 0 saturated carbocycles. The van der Waals surface area contributed by atoms with Gasteiger partial charge < -0.3 is 0 Å². The maximum absolute atomic E-state index is 5.05. The lowest BCUT2D eigenvalue weighted by molar-refractivity contribution is 0.660. The molecular weight excluding hydrogens is 619 g/mol. The van der Waals surface area contributed by atoms with Gasteiger partial charge in [0, 0.05) is 34.5 Å². The van der Waals surface area contributed by atoms with E-state index in [1.165, 1.54) is 44.5 Å². The van der Waals surface area contributed by atoms with Gasteiger partial charge in [-0.2, -0.15) is 0 Å². The molecule has 6 aromatic carbocycles. The van der Waals surface area contributed by atoms with Crippen molar-refractivity contribution in [1.82, 2.24) is 15.0 Å². The van der Waals surface area contributed by atoms with Crippen LogP contribution >= 0.6 is 0 Å². The molecule has 1 aliphatic carbocycles. The van der Waals surface area contributed by atoms with Crippen LogP contribution in [0.4, 0.5) is 0 Å². The molecule has 2 heterocycles. The molecule has 0 saturated heterocycles. The minimum Gasteiger partial charge on any atom is -0.264 e. The third kappa shape index (κ3) is 5.53. The van der Waals surface area contributed by atoms with Gasteiger partial charge in [0.1, 0.15) is 0 Å². The van der Waals surface area contributed by atoms with E-state index >= 15 is 0 Å². The summed E-state index contributed by atoms with van der Waals surface area (Å²) < 4.78 is 0. The van der Waals surface area contributed by atoms with Crippen molar-refractivity contribution in [2.45, 2.75) is 19.3 Å². The number of fused-ring (bicyclic) bond motifs is 3. The molecule has 0 fully saturated rings. The van der Waals surface area contributed by atoms with Crippen LogP contribution < -0.4 is 0 Å². The summed E-state index contributed by atoms with van der Waals surface area (Å²) in [6.45, 7) is 4.67. The lowest BCUT2D eigenvalue weighted by Gasteiger charge is -2.21. The van der Waals surface area contributed by atoms with Gasteiger partial charge in [-0.1, -0.05) is 166 Å². The Bertz CT molecular complexity index is 2500. The Labute approximate surface area is 299 Å². The Hall–Kier alpha value is -6.45. The molecule has 0 aliphatic heterocycles. The molecule has 51 heavy (non-hydrogen) atoms. The van der Waals surface area contributed by atoms with Crippen molar-refractivity contribution in [1.29, 1.82) is 0 Å². The summed E-state index contributed by atoms with van der Waals surface area (Å²) >= 11 is 0. The SMILES string of the molecule is CC1(C)c2ccccc2-c2c(-c3ccc(-c4ccc(-c5cc(-c6ccc(-c7cccnc7)cc6)nc(-c6ccccc6)n5)cc4)cc3)cccc21. The van der Waals surface area contributed by atoms with Gasteiger partial charge in [-0.05, 0) is 67.8 Å². The lowest BCUT2D eigenvalue weighted by Crippen LogP contribution is -2.14. The third-order valence-corrected chi connectivity index (χ3v) is 10.3. The summed E-state index contributed by atoms with van der Waals surface area (Å²) in [6, 6.07) is 58.1.